The normalized spacial score (nSPS) is 11.2. The summed E-state index contributed by atoms with van der Waals surface area (Å²) in [5, 5.41) is 4.16. The van der Waals surface area contributed by atoms with Crippen LogP contribution in [0, 0.1) is 6.92 Å². The Bertz CT molecular complexity index is 667. The van der Waals surface area contributed by atoms with Gasteiger partial charge in [-0.25, -0.2) is 9.97 Å². The highest BCUT2D eigenvalue weighted by Crippen LogP contribution is 2.16. The van der Waals surface area contributed by atoms with E-state index in [-0.39, 0.29) is 0 Å². The van der Waals surface area contributed by atoms with Gasteiger partial charge in [-0.3, -0.25) is 9.25 Å². The van der Waals surface area contributed by atoms with Gasteiger partial charge >= 0.3 is 0 Å². The second-order valence-corrected chi connectivity index (χ2v) is 4.19. The second kappa shape index (κ2) is 4.14. The predicted octanol–water partition coefficient (Wildman–Crippen LogP) is 1.22. The molecule has 0 aliphatic heterocycles. The van der Waals surface area contributed by atoms with Crippen LogP contribution in [-0.2, 0) is 13.1 Å². The Morgan fingerprint density at radius 2 is 2.11 bits per heavy atom. The molecule has 0 saturated heterocycles. The van der Waals surface area contributed by atoms with Crippen molar-refractivity contribution in [1.82, 2.24) is 24.3 Å². The van der Waals surface area contributed by atoms with E-state index in [9.17, 15) is 0 Å². The molecule has 0 amide bonds. The maximum absolute atomic E-state index is 5.93. The number of imidazole rings is 1. The molecule has 0 radical (unpaired) electrons. The summed E-state index contributed by atoms with van der Waals surface area (Å²) in [5.74, 6) is 0.496. The van der Waals surface area contributed by atoms with Gasteiger partial charge in [0.2, 0.25) is 5.95 Å². The Morgan fingerprint density at radius 1 is 1.22 bits per heavy atom. The molecular weight excluding hydrogens is 228 g/mol. The van der Waals surface area contributed by atoms with E-state index >= 15 is 0 Å². The summed E-state index contributed by atoms with van der Waals surface area (Å²) < 4.78 is 3.78. The molecule has 3 aromatic heterocycles. The molecule has 6 heteroatoms. The lowest BCUT2D eigenvalue weighted by Crippen LogP contribution is -2.10. The molecule has 0 unspecified atom stereocenters. The Labute approximate surface area is 104 Å². The minimum absolute atomic E-state index is 0.496. The molecule has 0 atom stereocenters. The number of nitrogens with two attached hydrogens (primary N) is 1. The van der Waals surface area contributed by atoms with Gasteiger partial charge in [0.25, 0.3) is 0 Å². The third-order valence-electron chi connectivity index (χ3n) is 2.87. The van der Waals surface area contributed by atoms with Crippen molar-refractivity contribution in [3.05, 3.63) is 36.3 Å². The number of aromatic nitrogens is 5. The SMILES string of the molecule is Cc1ccc2nc(N)n(CCn3cccn3)c2n1. The summed E-state index contributed by atoms with van der Waals surface area (Å²) in [6.07, 6.45) is 3.69. The zero-order valence-electron chi connectivity index (χ0n) is 10.1. The van der Waals surface area contributed by atoms with Crippen LogP contribution in [0.5, 0.6) is 0 Å². The molecule has 0 bridgehead atoms. The van der Waals surface area contributed by atoms with E-state index in [1.807, 2.05) is 40.6 Å². The van der Waals surface area contributed by atoms with Crippen molar-refractivity contribution < 1.29 is 0 Å². The Morgan fingerprint density at radius 3 is 2.89 bits per heavy atom. The van der Waals surface area contributed by atoms with Gasteiger partial charge < -0.3 is 5.73 Å². The number of hydrogen-bond acceptors (Lipinski definition) is 4. The first-order valence-electron chi connectivity index (χ1n) is 5.81. The van der Waals surface area contributed by atoms with E-state index in [0.717, 1.165) is 23.4 Å². The van der Waals surface area contributed by atoms with Crippen LogP contribution in [0.1, 0.15) is 5.69 Å². The molecule has 0 aliphatic carbocycles. The van der Waals surface area contributed by atoms with Crippen LogP contribution in [0.25, 0.3) is 11.2 Å². The van der Waals surface area contributed by atoms with Crippen molar-refractivity contribution in [2.75, 3.05) is 5.73 Å². The van der Waals surface area contributed by atoms with Crippen LogP contribution >= 0.6 is 0 Å². The third-order valence-corrected chi connectivity index (χ3v) is 2.87. The molecule has 3 rings (SSSR count). The summed E-state index contributed by atoms with van der Waals surface area (Å²) in [6.45, 7) is 3.42. The van der Waals surface area contributed by atoms with Crippen molar-refractivity contribution in [2.24, 2.45) is 0 Å². The molecule has 6 nitrogen and oxygen atoms in total. The zero-order valence-corrected chi connectivity index (χ0v) is 10.1. The lowest BCUT2D eigenvalue weighted by Gasteiger charge is -2.06. The molecular formula is C12H14N6. The smallest absolute Gasteiger partial charge is 0.202 e. The number of anilines is 1. The number of rotatable bonds is 3. The highest BCUT2D eigenvalue weighted by atomic mass is 15.3. The number of fused-ring (bicyclic) bond motifs is 1. The fraction of sp³-hybridized carbons (Fsp3) is 0.250. The van der Waals surface area contributed by atoms with Gasteiger partial charge in [-0.2, -0.15) is 5.10 Å². The Hall–Kier alpha value is -2.37. The largest absolute Gasteiger partial charge is 0.369 e. The van der Waals surface area contributed by atoms with E-state index in [0.29, 0.717) is 12.5 Å². The van der Waals surface area contributed by atoms with Gasteiger partial charge in [-0.05, 0) is 25.1 Å². The third kappa shape index (κ3) is 1.81. The highest BCUT2D eigenvalue weighted by Gasteiger charge is 2.09. The predicted molar refractivity (Wildman–Crippen MR) is 68.9 cm³/mol. The second-order valence-electron chi connectivity index (χ2n) is 4.19. The molecule has 3 heterocycles. The van der Waals surface area contributed by atoms with Gasteiger partial charge in [0.05, 0.1) is 6.54 Å². The zero-order chi connectivity index (χ0) is 12.5. The van der Waals surface area contributed by atoms with E-state index in [4.69, 9.17) is 5.73 Å². The molecule has 3 aromatic rings. The standard InChI is InChI=1S/C12H14N6/c1-9-3-4-10-11(15-9)18(12(13)16-10)8-7-17-6-2-5-14-17/h2-6H,7-8H2,1H3,(H2,13,16). The minimum Gasteiger partial charge on any atom is -0.369 e. The van der Waals surface area contributed by atoms with Gasteiger partial charge in [0, 0.05) is 24.6 Å². The first-order chi connectivity index (χ1) is 8.74. The molecule has 92 valence electrons. The molecule has 0 aromatic carbocycles. The maximum atomic E-state index is 5.93. The average molecular weight is 242 g/mol. The van der Waals surface area contributed by atoms with Crippen LogP contribution in [0.2, 0.25) is 0 Å². The van der Waals surface area contributed by atoms with Crippen molar-refractivity contribution in [2.45, 2.75) is 20.0 Å². The fourth-order valence-electron chi connectivity index (χ4n) is 1.97. The van der Waals surface area contributed by atoms with Crippen LogP contribution in [0.4, 0.5) is 5.95 Å². The summed E-state index contributed by atoms with van der Waals surface area (Å²) in [5.41, 5.74) is 8.55. The lowest BCUT2D eigenvalue weighted by atomic mass is 10.3. The van der Waals surface area contributed by atoms with Crippen LogP contribution in [0.15, 0.2) is 30.6 Å². The lowest BCUT2D eigenvalue weighted by molar-refractivity contribution is 0.543. The Kier molecular flexibility index (Phi) is 2.47. The first-order valence-corrected chi connectivity index (χ1v) is 5.81. The van der Waals surface area contributed by atoms with Gasteiger partial charge in [0.15, 0.2) is 5.65 Å². The van der Waals surface area contributed by atoms with Gasteiger partial charge in [-0.15, -0.1) is 0 Å². The van der Waals surface area contributed by atoms with Gasteiger partial charge in [0.1, 0.15) is 5.52 Å². The highest BCUT2D eigenvalue weighted by molar-refractivity contribution is 5.74. The van der Waals surface area contributed by atoms with E-state index in [2.05, 4.69) is 15.1 Å². The summed E-state index contributed by atoms with van der Waals surface area (Å²) in [4.78, 5) is 8.79. The molecule has 0 spiro atoms. The van der Waals surface area contributed by atoms with Crippen molar-refractivity contribution in [3.8, 4) is 0 Å². The summed E-state index contributed by atoms with van der Waals surface area (Å²) in [7, 11) is 0. The van der Waals surface area contributed by atoms with Crippen LogP contribution in [-0.4, -0.2) is 24.3 Å². The summed E-state index contributed by atoms with van der Waals surface area (Å²) in [6, 6.07) is 5.78. The number of pyridine rings is 1. The van der Waals surface area contributed by atoms with E-state index in [1.54, 1.807) is 6.20 Å². The topological polar surface area (TPSA) is 74.5 Å². The minimum atomic E-state index is 0.496. The quantitative estimate of drug-likeness (QED) is 0.749. The fourth-order valence-corrected chi connectivity index (χ4v) is 1.97. The van der Waals surface area contributed by atoms with E-state index in [1.165, 1.54) is 0 Å². The van der Waals surface area contributed by atoms with E-state index < -0.39 is 0 Å². The number of hydrogen-bond donors (Lipinski definition) is 1. The van der Waals surface area contributed by atoms with Crippen molar-refractivity contribution in [3.63, 3.8) is 0 Å². The Balaban J connectivity index is 1.95. The molecule has 0 aliphatic rings. The monoisotopic (exact) mass is 242 g/mol. The first kappa shape index (κ1) is 10.8. The van der Waals surface area contributed by atoms with Crippen LogP contribution in [0.3, 0.4) is 0 Å². The van der Waals surface area contributed by atoms with Gasteiger partial charge in [-0.1, -0.05) is 0 Å². The average Bonchev–Trinajstić information content (AvgIpc) is 2.94. The number of nitrogen functional groups attached to an aromatic ring is 1. The number of aryl methyl sites for hydroxylation is 3. The molecule has 18 heavy (non-hydrogen) atoms. The maximum Gasteiger partial charge on any atom is 0.202 e. The number of nitrogens with zero attached hydrogens (tertiary/aromatic N) is 5. The summed E-state index contributed by atoms with van der Waals surface area (Å²) >= 11 is 0. The molecule has 2 N–H and O–H groups in total. The van der Waals surface area contributed by atoms with Crippen LogP contribution < -0.4 is 5.73 Å². The molecule has 0 fully saturated rings. The van der Waals surface area contributed by atoms with Crippen molar-refractivity contribution >= 4 is 17.1 Å². The molecule has 0 saturated carbocycles. The van der Waals surface area contributed by atoms with Crippen molar-refractivity contribution in [1.29, 1.82) is 0 Å².